The van der Waals surface area contributed by atoms with E-state index in [1.54, 1.807) is 12.1 Å². The second-order valence-corrected chi connectivity index (χ2v) is 6.07. The molecule has 0 aliphatic rings. The van der Waals surface area contributed by atoms with Crippen molar-refractivity contribution in [2.24, 2.45) is 0 Å². The summed E-state index contributed by atoms with van der Waals surface area (Å²) in [6.07, 6.45) is 1.78. The molecule has 0 aliphatic carbocycles. The van der Waals surface area contributed by atoms with E-state index in [2.05, 4.69) is 27.7 Å². The molecular formula is C20H22N4O2. The van der Waals surface area contributed by atoms with Gasteiger partial charge in [0.1, 0.15) is 6.04 Å². The highest BCUT2D eigenvalue weighted by Gasteiger charge is 2.14. The zero-order valence-electron chi connectivity index (χ0n) is 14.9. The van der Waals surface area contributed by atoms with Gasteiger partial charge in [-0.1, -0.05) is 36.3 Å². The third-order valence-corrected chi connectivity index (χ3v) is 3.87. The van der Waals surface area contributed by atoms with E-state index in [1.165, 1.54) is 0 Å². The first-order chi connectivity index (χ1) is 12.7. The number of aromatic nitrogens is 2. The maximum Gasteiger partial charge on any atom is 0.255 e. The lowest BCUT2D eigenvalue weighted by Gasteiger charge is -2.13. The van der Waals surface area contributed by atoms with Gasteiger partial charge in [0.25, 0.3) is 5.91 Å². The van der Waals surface area contributed by atoms with E-state index in [1.807, 2.05) is 49.4 Å². The third kappa shape index (κ3) is 4.47. The number of carbonyl (C=O) groups is 1. The molecule has 0 bridgehead atoms. The molecule has 6 nitrogen and oxygen atoms in total. The standard InChI is InChI=1S/C20H22N4O2/c1-3-8-18-23-20(26-24-18)14(2)21-16-11-7-12-17(13-16)22-19(25)15-9-5-4-6-10-15/h4-7,9-14,21H,3,8H2,1-2H3,(H,22,25). The van der Waals surface area contributed by atoms with Crippen LogP contribution in [0.4, 0.5) is 11.4 Å². The van der Waals surface area contributed by atoms with Gasteiger partial charge in [0.2, 0.25) is 5.89 Å². The largest absolute Gasteiger partial charge is 0.374 e. The fourth-order valence-electron chi connectivity index (χ4n) is 2.56. The van der Waals surface area contributed by atoms with Crippen molar-refractivity contribution in [2.75, 3.05) is 10.6 Å². The van der Waals surface area contributed by atoms with Gasteiger partial charge in [-0.05, 0) is 43.7 Å². The average molecular weight is 350 g/mol. The lowest BCUT2D eigenvalue weighted by atomic mass is 10.2. The first kappa shape index (κ1) is 17.7. The Labute approximate surface area is 152 Å². The lowest BCUT2D eigenvalue weighted by molar-refractivity contribution is 0.102. The number of anilines is 2. The fraction of sp³-hybridized carbons (Fsp3) is 0.250. The monoisotopic (exact) mass is 350 g/mol. The van der Waals surface area contributed by atoms with Crippen LogP contribution in [0.1, 0.15) is 48.4 Å². The molecule has 0 saturated heterocycles. The van der Waals surface area contributed by atoms with E-state index in [9.17, 15) is 4.79 Å². The van der Waals surface area contributed by atoms with Crippen molar-refractivity contribution in [3.05, 3.63) is 71.9 Å². The predicted octanol–water partition coefficient (Wildman–Crippen LogP) is 4.45. The molecule has 2 N–H and O–H groups in total. The van der Waals surface area contributed by atoms with Gasteiger partial charge in [-0.15, -0.1) is 0 Å². The summed E-state index contributed by atoms with van der Waals surface area (Å²) in [5.74, 6) is 1.13. The summed E-state index contributed by atoms with van der Waals surface area (Å²) in [7, 11) is 0. The molecule has 1 atom stereocenters. The number of hydrogen-bond acceptors (Lipinski definition) is 5. The number of rotatable bonds is 7. The van der Waals surface area contributed by atoms with E-state index in [4.69, 9.17) is 4.52 Å². The van der Waals surface area contributed by atoms with Crippen LogP contribution >= 0.6 is 0 Å². The quantitative estimate of drug-likeness (QED) is 0.658. The predicted molar refractivity (Wildman–Crippen MR) is 101 cm³/mol. The van der Waals surface area contributed by atoms with Crippen LogP contribution in [0.3, 0.4) is 0 Å². The van der Waals surface area contributed by atoms with Crippen LogP contribution in [0.15, 0.2) is 59.1 Å². The van der Waals surface area contributed by atoms with Gasteiger partial charge in [0.05, 0.1) is 0 Å². The summed E-state index contributed by atoms with van der Waals surface area (Å²) in [6, 6.07) is 16.5. The Hall–Kier alpha value is -3.15. The topological polar surface area (TPSA) is 80.0 Å². The molecule has 134 valence electrons. The highest BCUT2D eigenvalue weighted by atomic mass is 16.5. The Morgan fingerprint density at radius 2 is 1.88 bits per heavy atom. The minimum Gasteiger partial charge on any atom is -0.374 e. The number of nitrogens with zero attached hydrogens (tertiary/aromatic N) is 2. The molecule has 1 aromatic heterocycles. The Kier molecular flexibility index (Phi) is 5.63. The van der Waals surface area contributed by atoms with E-state index >= 15 is 0 Å². The van der Waals surface area contributed by atoms with Gasteiger partial charge in [-0.2, -0.15) is 4.98 Å². The Morgan fingerprint density at radius 1 is 1.12 bits per heavy atom. The Bertz CT molecular complexity index is 861. The maximum atomic E-state index is 12.3. The van der Waals surface area contributed by atoms with Crippen LogP contribution in [-0.2, 0) is 6.42 Å². The number of benzene rings is 2. The minimum absolute atomic E-state index is 0.131. The summed E-state index contributed by atoms with van der Waals surface area (Å²) in [5.41, 5.74) is 2.19. The molecule has 0 spiro atoms. The summed E-state index contributed by atoms with van der Waals surface area (Å²) in [5, 5.41) is 10.2. The molecule has 6 heteroatoms. The van der Waals surface area contributed by atoms with Crippen molar-refractivity contribution in [1.29, 1.82) is 0 Å². The highest BCUT2D eigenvalue weighted by Crippen LogP contribution is 2.21. The summed E-state index contributed by atoms with van der Waals surface area (Å²) in [4.78, 5) is 16.7. The molecule has 1 unspecified atom stereocenters. The second kappa shape index (κ2) is 8.29. The fourth-order valence-corrected chi connectivity index (χ4v) is 2.56. The summed E-state index contributed by atoms with van der Waals surface area (Å²) in [6.45, 7) is 4.03. The molecule has 0 radical (unpaired) electrons. The zero-order chi connectivity index (χ0) is 18.4. The smallest absolute Gasteiger partial charge is 0.255 e. The van der Waals surface area contributed by atoms with Gasteiger partial charge in [-0.25, -0.2) is 0 Å². The van der Waals surface area contributed by atoms with Gasteiger partial charge in [0, 0.05) is 23.4 Å². The van der Waals surface area contributed by atoms with Crippen LogP contribution in [-0.4, -0.2) is 16.0 Å². The van der Waals surface area contributed by atoms with E-state index in [0.717, 1.165) is 24.4 Å². The van der Waals surface area contributed by atoms with Crippen LogP contribution in [0, 0.1) is 0 Å². The van der Waals surface area contributed by atoms with Crippen molar-refractivity contribution in [3.63, 3.8) is 0 Å². The Balaban J connectivity index is 1.65. The lowest BCUT2D eigenvalue weighted by Crippen LogP contribution is -2.12. The first-order valence-electron chi connectivity index (χ1n) is 8.71. The van der Waals surface area contributed by atoms with E-state index in [0.29, 0.717) is 17.1 Å². The van der Waals surface area contributed by atoms with Crippen molar-refractivity contribution in [3.8, 4) is 0 Å². The highest BCUT2D eigenvalue weighted by molar-refractivity contribution is 6.04. The van der Waals surface area contributed by atoms with Crippen LogP contribution < -0.4 is 10.6 Å². The molecule has 2 aromatic carbocycles. The molecule has 1 amide bonds. The van der Waals surface area contributed by atoms with E-state index < -0.39 is 0 Å². The van der Waals surface area contributed by atoms with Gasteiger partial charge in [-0.3, -0.25) is 4.79 Å². The minimum atomic E-state index is -0.142. The average Bonchev–Trinajstić information content (AvgIpc) is 3.12. The van der Waals surface area contributed by atoms with Gasteiger partial charge >= 0.3 is 0 Å². The molecule has 3 rings (SSSR count). The number of aryl methyl sites for hydroxylation is 1. The molecule has 0 saturated carbocycles. The zero-order valence-corrected chi connectivity index (χ0v) is 14.9. The van der Waals surface area contributed by atoms with Crippen LogP contribution in [0.25, 0.3) is 0 Å². The summed E-state index contributed by atoms with van der Waals surface area (Å²) >= 11 is 0. The normalized spacial score (nSPS) is 11.8. The SMILES string of the molecule is CCCc1noc(C(C)Nc2cccc(NC(=O)c3ccccc3)c2)n1. The molecular weight excluding hydrogens is 328 g/mol. The second-order valence-electron chi connectivity index (χ2n) is 6.07. The molecule has 26 heavy (non-hydrogen) atoms. The van der Waals surface area contributed by atoms with Gasteiger partial charge < -0.3 is 15.2 Å². The molecule has 0 aliphatic heterocycles. The van der Waals surface area contributed by atoms with Crippen LogP contribution in [0.5, 0.6) is 0 Å². The first-order valence-corrected chi connectivity index (χ1v) is 8.71. The third-order valence-electron chi connectivity index (χ3n) is 3.87. The Morgan fingerprint density at radius 3 is 2.65 bits per heavy atom. The van der Waals surface area contributed by atoms with Crippen molar-refractivity contribution < 1.29 is 9.32 Å². The number of hydrogen-bond donors (Lipinski definition) is 2. The number of carbonyl (C=O) groups excluding carboxylic acids is 1. The summed E-state index contributed by atoms with van der Waals surface area (Å²) < 4.78 is 5.31. The molecule has 0 fully saturated rings. The number of amides is 1. The van der Waals surface area contributed by atoms with Crippen LogP contribution in [0.2, 0.25) is 0 Å². The van der Waals surface area contributed by atoms with Crippen molar-refractivity contribution >= 4 is 17.3 Å². The van der Waals surface area contributed by atoms with Crippen molar-refractivity contribution in [2.45, 2.75) is 32.7 Å². The maximum absolute atomic E-state index is 12.3. The number of nitrogens with one attached hydrogen (secondary N) is 2. The molecule has 1 heterocycles. The van der Waals surface area contributed by atoms with E-state index in [-0.39, 0.29) is 11.9 Å². The van der Waals surface area contributed by atoms with Crippen molar-refractivity contribution in [1.82, 2.24) is 10.1 Å². The van der Waals surface area contributed by atoms with Gasteiger partial charge in [0.15, 0.2) is 5.82 Å². The molecule has 3 aromatic rings.